The van der Waals surface area contributed by atoms with E-state index in [0.717, 1.165) is 31.1 Å². The standard InChI is InChI=1S/C12H19ClN2/c1-15(2)9-8-14-7-6-11-4-3-5-12(13)10-11/h3-5,10,14H,6-9H2,1-2H3. The van der Waals surface area contributed by atoms with Gasteiger partial charge < -0.3 is 10.2 Å². The molecule has 0 unspecified atom stereocenters. The number of halogens is 1. The molecule has 0 amide bonds. The zero-order chi connectivity index (χ0) is 11.1. The molecule has 1 aromatic rings. The van der Waals surface area contributed by atoms with E-state index in [1.165, 1.54) is 5.56 Å². The third-order valence-corrected chi connectivity index (χ3v) is 2.45. The molecule has 84 valence electrons. The van der Waals surface area contributed by atoms with Gasteiger partial charge in [-0.05, 0) is 44.8 Å². The molecule has 3 heteroatoms. The van der Waals surface area contributed by atoms with Gasteiger partial charge in [0.05, 0.1) is 0 Å². The molecule has 0 spiro atoms. The van der Waals surface area contributed by atoms with Crippen molar-refractivity contribution < 1.29 is 0 Å². The van der Waals surface area contributed by atoms with Crippen molar-refractivity contribution in [2.45, 2.75) is 6.42 Å². The van der Waals surface area contributed by atoms with E-state index in [1.807, 2.05) is 18.2 Å². The Morgan fingerprint density at radius 1 is 1.27 bits per heavy atom. The molecule has 1 N–H and O–H groups in total. The van der Waals surface area contributed by atoms with Crippen LogP contribution in [0.5, 0.6) is 0 Å². The smallest absolute Gasteiger partial charge is 0.0408 e. The van der Waals surface area contributed by atoms with E-state index in [9.17, 15) is 0 Å². The molecule has 0 atom stereocenters. The van der Waals surface area contributed by atoms with E-state index in [-0.39, 0.29) is 0 Å². The van der Waals surface area contributed by atoms with E-state index >= 15 is 0 Å². The van der Waals surface area contributed by atoms with E-state index < -0.39 is 0 Å². The topological polar surface area (TPSA) is 15.3 Å². The van der Waals surface area contributed by atoms with Gasteiger partial charge in [-0.1, -0.05) is 23.7 Å². The molecular weight excluding hydrogens is 208 g/mol. The number of hydrogen-bond acceptors (Lipinski definition) is 2. The van der Waals surface area contributed by atoms with E-state index in [1.54, 1.807) is 0 Å². The van der Waals surface area contributed by atoms with Gasteiger partial charge in [0.1, 0.15) is 0 Å². The molecule has 2 nitrogen and oxygen atoms in total. The Balaban J connectivity index is 2.15. The summed E-state index contributed by atoms with van der Waals surface area (Å²) in [6, 6.07) is 8.04. The molecule has 0 saturated heterocycles. The molecule has 0 bridgehead atoms. The van der Waals surface area contributed by atoms with Crippen molar-refractivity contribution in [3.05, 3.63) is 34.9 Å². The average molecular weight is 227 g/mol. The summed E-state index contributed by atoms with van der Waals surface area (Å²) >= 11 is 5.90. The first-order valence-electron chi connectivity index (χ1n) is 5.28. The number of nitrogens with one attached hydrogen (secondary N) is 1. The van der Waals surface area contributed by atoms with Crippen LogP contribution in [0.15, 0.2) is 24.3 Å². The first-order chi connectivity index (χ1) is 7.18. The van der Waals surface area contributed by atoms with Crippen molar-refractivity contribution in [2.75, 3.05) is 33.7 Å². The Hall–Kier alpha value is -0.570. The summed E-state index contributed by atoms with van der Waals surface area (Å²) in [5, 5.41) is 4.22. The van der Waals surface area contributed by atoms with Crippen molar-refractivity contribution in [2.24, 2.45) is 0 Å². The molecule has 0 aliphatic rings. The lowest BCUT2D eigenvalue weighted by molar-refractivity contribution is 0.401. The Morgan fingerprint density at radius 2 is 2.07 bits per heavy atom. The lowest BCUT2D eigenvalue weighted by Crippen LogP contribution is -2.27. The van der Waals surface area contributed by atoms with Crippen LogP contribution in [0.1, 0.15) is 5.56 Å². The molecular formula is C12H19ClN2. The summed E-state index contributed by atoms with van der Waals surface area (Å²) in [5.41, 5.74) is 1.29. The van der Waals surface area contributed by atoms with Crippen molar-refractivity contribution in [3.8, 4) is 0 Å². The summed E-state index contributed by atoms with van der Waals surface area (Å²) in [5.74, 6) is 0. The van der Waals surface area contributed by atoms with Gasteiger partial charge in [0.2, 0.25) is 0 Å². The van der Waals surface area contributed by atoms with Crippen LogP contribution in [0.3, 0.4) is 0 Å². The van der Waals surface area contributed by atoms with Crippen LogP contribution in [-0.2, 0) is 6.42 Å². The quantitative estimate of drug-likeness (QED) is 0.747. The van der Waals surface area contributed by atoms with Gasteiger partial charge in [-0.3, -0.25) is 0 Å². The maximum Gasteiger partial charge on any atom is 0.0408 e. The third kappa shape index (κ3) is 5.78. The molecule has 0 saturated carbocycles. The zero-order valence-electron chi connectivity index (χ0n) is 9.46. The second-order valence-electron chi connectivity index (χ2n) is 3.93. The molecule has 0 fully saturated rings. The lowest BCUT2D eigenvalue weighted by atomic mass is 10.1. The maximum absolute atomic E-state index is 5.90. The predicted octanol–water partition coefficient (Wildman–Crippen LogP) is 2.03. The van der Waals surface area contributed by atoms with Gasteiger partial charge in [-0.25, -0.2) is 0 Å². The van der Waals surface area contributed by atoms with Crippen LogP contribution in [0.2, 0.25) is 5.02 Å². The molecule has 0 heterocycles. The van der Waals surface area contributed by atoms with E-state index in [0.29, 0.717) is 0 Å². The number of hydrogen-bond donors (Lipinski definition) is 1. The van der Waals surface area contributed by atoms with Crippen molar-refractivity contribution in [3.63, 3.8) is 0 Å². The molecule has 15 heavy (non-hydrogen) atoms. The number of benzene rings is 1. The average Bonchev–Trinajstić information content (AvgIpc) is 2.17. The summed E-state index contributed by atoms with van der Waals surface area (Å²) < 4.78 is 0. The lowest BCUT2D eigenvalue weighted by Gasteiger charge is -2.10. The van der Waals surface area contributed by atoms with Gasteiger partial charge in [0.25, 0.3) is 0 Å². The van der Waals surface area contributed by atoms with Gasteiger partial charge in [0, 0.05) is 18.1 Å². The second-order valence-corrected chi connectivity index (χ2v) is 4.37. The zero-order valence-corrected chi connectivity index (χ0v) is 10.2. The highest BCUT2D eigenvalue weighted by Gasteiger charge is 1.94. The minimum Gasteiger partial charge on any atom is -0.315 e. The maximum atomic E-state index is 5.90. The number of rotatable bonds is 6. The van der Waals surface area contributed by atoms with Gasteiger partial charge >= 0.3 is 0 Å². The van der Waals surface area contributed by atoms with Crippen LogP contribution in [0.25, 0.3) is 0 Å². The predicted molar refractivity (Wildman–Crippen MR) is 66.6 cm³/mol. The molecule has 1 rings (SSSR count). The summed E-state index contributed by atoms with van der Waals surface area (Å²) in [7, 11) is 4.16. The first kappa shape index (κ1) is 12.5. The Bertz CT molecular complexity index is 287. The second kappa shape index (κ2) is 6.83. The Morgan fingerprint density at radius 3 is 2.73 bits per heavy atom. The third-order valence-electron chi connectivity index (χ3n) is 2.22. The van der Waals surface area contributed by atoms with Crippen molar-refractivity contribution in [1.29, 1.82) is 0 Å². The largest absolute Gasteiger partial charge is 0.315 e. The SMILES string of the molecule is CN(C)CCNCCc1cccc(Cl)c1. The fourth-order valence-corrected chi connectivity index (χ4v) is 1.57. The highest BCUT2D eigenvalue weighted by atomic mass is 35.5. The highest BCUT2D eigenvalue weighted by Crippen LogP contribution is 2.10. The van der Waals surface area contributed by atoms with Crippen LogP contribution in [0.4, 0.5) is 0 Å². The van der Waals surface area contributed by atoms with Gasteiger partial charge in [-0.15, -0.1) is 0 Å². The molecule has 0 aliphatic heterocycles. The Kier molecular flexibility index (Phi) is 5.69. The number of likely N-dealkylation sites (N-methyl/N-ethyl adjacent to an activating group) is 1. The molecule has 0 aliphatic carbocycles. The Labute approximate surface area is 97.2 Å². The van der Waals surface area contributed by atoms with E-state index in [2.05, 4.69) is 30.4 Å². The summed E-state index contributed by atoms with van der Waals surface area (Å²) in [6.07, 6.45) is 1.04. The van der Waals surface area contributed by atoms with Crippen LogP contribution >= 0.6 is 11.6 Å². The summed E-state index contributed by atoms with van der Waals surface area (Å²) in [4.78, 5) is 2.17. The van der Waals surface area contributed by atoms with Crippen LogP contribution in [-0.4, -0.2) is 38.6 Å². The fraction of sp³-hybridized carbons (Fsp3) is 0.500. The molecule has 1 aromatic carbocycles. The summed E-state index contributed by atoms with van der Waals surface area (Å²) in [6.45, 7) is 3.12. The normalized spacial score (nSPS) is 10.9. The van der Waals surface area contributed by atoms with Crippen molar-refractivity contribution in [1.82, 2.24) is 10.2 Å². The monoisotopic (exact) mass is 226 g/mol. The first-order valence-corrected chi connectivity index (χ1v) is 5.66. The van der Waals surface area contributed by atoms with Crippen LogP contribution in [0, 0.1) is 0 Å². The minimum absolute atomic E-state index is 0.820. The fourth-order valence-electron chi connectivity index (χ4n) is 1.35. The molecule has 0 aromatic heterocycles. The highest BCUT2D eigenvalue weighted by molar-refractivity contribution is 6.30. The molecule has 0 radical (unpaired) electrons. The minimum atomic E-state index is 0.820. The van der Waals surface area contributed by atoms with Gasteiger partial charge in [0.15, 0.2) is 0 Å². The van der Waals surface area contributed by atoms with Crippen molar-refractivity contribution >= 4 is 11.6 Å². The van der Waals surface area contributed by atoms with Crippen LogP contribution < -0.4 is 5.32 Å². The van der Waals surface area contributed by atoms with E-state index in [4.69, 9.17) is 11.6 Å². The van der Waals surface area contributed by atoms with Gasteiger partial charge in [-0.2, -0.15) is 0 Å². The number of nitrogens with zero attached hydrogens (tertiary/aromatic N) is 1.